The number of amides is 1. The Balaban J connectivity index is 1.35. The maximum absolute atomic E-state index is 13.0. The van der Waals surface area contributed by atoms with E-state index < -0.39 is 10.0 Å². The third kappa shape index (κ3) is 3.75. The Bertz CT molecular complexity index is 1060. The highest BCUT2D eigenvalue weighted by atomic mass is 32.2. The number of rotatable bonds is 6. The second-order valence-corrected chi connectivity index (χ2v) is 8.87. The minimum atomic E-state index is -3.67. The molecule has 1 aliphatic heterocycles. The van der Waals surface area contributed by atoms with Crippen molar-refractivity contribution in [2.75, 3.05) is 26.2 Å². The molecule has 1 fully saturated rings. The van der Waals surface area contributed by atoms with Crippen LogP contribution in [0.2, 0.25) is 0 Å². The van der Waals surface area contributed by atoms with Gasteiger partial charge >= 0.3 is 0 Å². The highest BCUT2D eigenvalue weighted by Crippen LogP contribution is 2.25. The van der Waals surface area contributed by atoms with Crippen LogP contribution < -0.4 is 0 Å². The van der Waals surface area contributed by atoms with Crippen molar-refractivity contribution in [2.24, 2.45) is 0 Å². The number of aryl methyl sites for hydroxylation is 1. The zero-order valence-corrected chi connectivity index (χ0v) is 16.6. The van der Waals surface area contributed by atoms with Gasteiger partial charge in [0.2, 0.25) is 15.9 Å². The molecule has 0 atom stereocenters. The summed E-state index contributed by atoms with van der Waals surface area (Å²) in [5.41, 5.74) is 0.978. The van der Waals surface area contributed by atoms with Crippen molar-refractivity contribution in [3.8, 4) is 0 Å². The van der Waals surface area contributed by atoms with E-state index in [1.165, 1.54) is 10.6 Å². The molecule has 148 valence electrons. The molecular weight excluding hydrogens is 402 g/mol. The fourth-order valence-corrected chi connectivity index (χ4v) is 5.38. The first kappa shape index (κ1) is 18.9. The maximum Gasteiger partial charge on any atom is 0.245 e. The van der Waals surface area contributed by atoms with Crippen LogP contribution in [0, 0.1) is 0 Å². The summed E-state index contributed by atoms with van der Waals surface area (Å²) in [6.07, 6.45) is 4.14. The summed E-state index contributed by atoms with van der Waals surface area (Å²) in [5.74, 6) is 0.0305. The summed E-state index contributed by atoms with van der Waals surface area (Å²) < 4.78 is 37.4. The number of fused-ring (bicyclic) bond motifs is 1. The van der Waals surface area contributed by atoms with Gasteiger partial charge < -0.3 is 4.90 Å². The van der Waals surface area contributed by atoms with Crippen LogP contribution in [-0.2, 0) is 21.4 Å². The molecule has 3 aromatic rings. The van der Waals surface area contributed by atoms with Gasteiger partial charge in [-0.1, -0.05) is 6.07 Å². The number of hydrogen-bond donors (Lipinski definition) is 0. The largest absolute Gasteiger partial charge is 0.340 e. The molecule has 0 aliphatic carbocycles. The number of piperazine rings is 1. The third-order valence-electron chi connectivity index (χ3n) is 4.70. The molecule has 0 N–H and O–H groups in total. The standard InChI is InChI=1S/C16H19N7O3S2/c24-15(5-2-6-22-12-17-11-18-22)21-7-9-23(10-8-21)28(25,26)14-4-1-3-13-16(14)20-27-19-13/h1,3-4,11-12H,2,5-10H2. The second kappa shape index (κ2) is 7.89. The van der Waals surface area contributed by atoms with Gasteiger partial charge in [0.25, 0.3) is 0 Å². The van der Waals surface area contributed by atoms with E-state index in [0.717, 1.165) is 11.7 Å². The smallest absolute Gasteiger partial charge is 0.245 e. The van der Waals surface area contributed by atoms with Crippen molar-refractivity contribution in [1.29, 1.82) is 0 Å². The first-order chi connectivity index (χ1) is 13.6. The molecule has 0 spiro atoms. The molecule has 0 radical (unpaired) electrons. The lowest BCUT2D eigenvalue weighted by Gasteiger charge is -2.34. The molecule has 1 saturated heterocycles. The fourth-order valence-electron chi connectivity index (χ4n) is 3.21. The molecule has 1 amide bonds. The van der Waals surface area contributed by atoms with Crippen LogP contribution in [-0.4, -0.2) is 73.2 Å². The molecule has 28 heavy (non-hydrogen) atoms. The summed E-state index contributed by atoms with van der Waals surface area (Å²) in [7, 11) is -3.67. The highest BCUT2D eigenvalue weighted by Gasteiger charge is 2.31. The molecule has 1 aliphatic rings. The summed E-state index contributed by atoms with van der Waals surface area (Å²) in [4.78, 5) is 18.1. The predicted molar refractivity (Wildman–Crippen MR) is 102 cm³/mol. The third-order valence-corrected chi connectivity index (χ3v) is 7.18. The Morgan fingerprint density at radius 3 is 2.71 bits per heavy atom. The molecule has 1 aromatic carbocycles. The Morgan fingerprint density at radius 2 is 1.96 bits per heavy atom. The van der Waals surface area contributed by atoms with Crippen LogP contribution >= 0.6 is 11.7 Å². The lowest BCUT2D eigenvalue weighted by molar-refractivity contribution is -0.132. The number of nitrogens with zero attached hydrogens (tertiary/aromatic N) is 7. The summed E-state index contributed by atoms with van der Waals surface area (Å²) in [6, 6.07) is 4.97. The van der Waals surface area contributed by atoms with E-state index in [9.17, 15) is 13.2 Å². The van der Waals surface area contributed by atoms with E-state index in [-0.39, 0.29) is 23.9 Å². The number of carbonyl (C=O) groups excluding carboxylic acids is 1. The van der Waals surface area contributed by atoms with E-state index in [2.05, 4.69) is 18.8 Å². The van der Waals surface area contributed by atoms with Gasteiger partial charge in [0, 0.05) is 39.1 Å². The van der Waals surface area contributed by atoms with Gasteiger partial charge in [0.05, 0.1) is 11.7 Å². The van der Waals surface area contributed by atoms with Gasteiger partial charge in [-0.25, -0.2) is 13.4 Å². The quantitative estimate of drug-likeness (QED) is 0.572. The van der Waals surface area contributed by atoms with Gasteiger partial charge in [0.1, 0.15) is 28.6 Å². The Kier molecular flexibility index (Phi) is 5.33. The zero-order valence-electron chi connectivity index (χ0n) is 15.0. The zero-order chi connectivity index (χ0) is 19.6. The fraction of sp³-hybridized carbons (Fsp3) is 0.438. The molecule has 10 nitrogen and oxygen atoms in total. The SMILES string of the molecule is O=C(CCCn1cncn1)N1CCN(S(=O)(=O)c2cccc3nsnc23)CC1. The van der Waals surface area contributed by atoms with E-state index in [0.29, 0.717) is 43.5 Å². The average molecular weight is 422 g/mol. The number of carbonyl (C=O) groups is 1. The molecule has 3 heterocycles. The molecule has 0 saturated carbocycles. The minimum absolute atomic E-state index is 0.0305. The van der Waals surface area contributed by atoms with E-state index in [1.54, 1.807) is 34.1 Å². The lowest BCUT2D eigenvalue weighted by atomic mass is 10.2. The number of hydrogen-bond acceptors (Lipinski definition) is 8. The van der Waals surface area contributed by atoms with Crippen molar-refractivity contribution in [3.05, 3.63) is 30.9 Å². The average Bonchev–Trinajstić information content (AvgIpc) is 3.39. The van der Waals surface area contributed by atoms with Crippen LogP contribution in [0.15, 0.2) is 35.7 Å². The van der Waals surface area contributed by atoms with Gasteiger partial charge in [-0.3, -0.25) is 9.48 Å². The van der Waals surface area contributed by atoms with E-state index in [1.807, 2.05) is 0 Å². The molecule has 4 rings (SSSR count). The number of sulfonamides is 1. The molecular formula is C16H19N7O3S2. The van der Waals surface area contributed by atoms with Crippen LogP contribution in [0.25, 0.3) is 11.0 Å². The van der Waals surface area contributed by atoms with Crippen molar-refractivity contribution in [3.63, 3.8) is 0 Å². The lowest BCUT2D eigenvalue weighted by Crippen LogP contribution is -2.50. The maximum atomic E-state index is 13.0. The summed E-state index contributed by atoms with van der Waals surface area (Å²) in [6.45, 7) is 1.93. The van der Waals surface area contributed by atoms with Crippen molar-refractivity contribution in [2.45, 2.75) is 24.3 Å². The predicted octanol–water partition coefficient (Wildman–Crippen LogP) is 0.596. The van der Waals surface area contributed by atoms with Crippen molar-refractivity contribution in [1.82, 2.24) is 32.7 Å². The number of aromatic nitrogens is 5. The summed E-state index contributed by atoms with van der Waals surface area (Å²) in [5, 5.41) is 4.01. The second-order valence-electron chi connectivity index (χ2n) is 6.44. The van der Waals surface area contributed by atoms with Crippen LogP contribution in [0.4, 0.5) is 0 Å². The Labute approximate surface area is 166 Å². The van der Waals surface area contributed by atoms with Crippen molar-refractivity contribution >= 4 is 38.7 Å². The highest BCUT2D eigenvalue weighted by molar-refractivity contribution is 7.89. The van der Waals surface area contributed by atoms with Crippen LogP contribution in [0.5, 0.6) is 0 Å². The Morgan fingerprint density at radius 1 is 1.14 bits per heavy atom. The molecule has 2 aromatic heterocycles. The summed E-state index contributed by atoms with van der Waals surface area (Å²) >= 11 is 0.995. The number of benzene rings is 1. The molecule has 0 unspecified atom stereocenters. The first-order valence-corrected chi connectivity index (χ1v) is 11.0. The van der Waals surface area contributed by atoms with Gasteiger partial charge in [-0.2, -0.15) is 18.2 Å². The van der Waals surface area contributed by atoms with Crippen LogP contribution in [0.1, 0.15) is 12.8 Å². The minimum Gasteiger partial charge on any atom is -0.340 e. The van der Waals surface area contributed by atoms with Gasteiger partial charge in [-0.15, -0.1) is 0 Å². The monoisotopic (exact) mass is 421 g/mol. The van der Waals surface area contributed by atoms with Gasteiger partial charge in [0.15, 0.2) is 0 Å². The van der Waals surface area contributed by atoms with Crippen LogP contribution in [0.3, 0.4) is 0 Å². The Hall–Kier alpha value is -2.44. The van der Waals surface area contributed by atoms with E-state index in [4.69, 9.17) is 0 Å². The van der Waals surface area contributed by atoms with E-state index >= 15 is 0 Å². The topological polar surface area (TPSA) is 114 Å². The first-order valence-electron chi connectivity index (χ1n) is 8.87. The molecule has 0 bridgehead atoms. The van der Waals surface area contributed by atoms with Gasteiger partial charge in [-0.05, 0) is 18.6 Å². The molecule has 12 heteroatoms. The normalized spacial score (nSPS) is 15.9. The van der Waals surface area contributed by atoms with Crippen molar-refractivity contribution < 1.29 is 13.2 Å².